The maximum Gasteiger partial charge on any atom is 0.0911 e. The third-order valence-corrected chi connectivity index (χ3v) is 8.91. The topological polar surface area (TPSA) is 3.24 Å². The lowest BCUT2D eigenvalue weighted by Crippen LogP contribution is -3.00. The summed E-state index contributed by atoms with van der Waals surface area (Å²) in [5.74, 6) is 0. The summed E-state index contributed by atoms with van der Waals surface area (Å²) in [6, 6.07) is 0. The van der Waals surface area contributed by atoms with E-state index in [9.17, 15) is 0 Å². The molecule has 246 valence electrons. The standard InChI is InChI=1S/C35H77N3.2BrH/c1-8-10-12-14-16-18-20-22-24-26-28-32-37(4,5)34-30-36(3)31-35-38(6,7)33-29-27-25-23-21-19-17-15-13-11-9-2;;/h8-35H2,1-7H3;2*1H/q+2;;/p-2. The maximum atomic E-state index is 2.58. The molecule has 0 saturated carbocycles. The Morgan fingerprint density at radius 3 is 0.825 bits per heavy atom. The summed E-state index contributed by atoms with van der Waals surface area (Å²) in [5, 5.41) is 0. The van der Waals surface area contributed by atoms with E-state index in [0.29, 0.717) is 0 Å². The van der Waals surface area contributed by atoms with Crippen LogP contribution in [0.4, 0.5) is 0 Å². The monoisotopic (exact) mass is 697 g/mol. The number of unbranched alkanes of at least 4 members (excludes halogenated alkanes) is 20. The summed E-state index contributed by atoms with van der Waals surface area (Å²) in [4.78, 5) is 2.58. The van der Waals surface area contributed by atoms with Crippen LogP contribution in [0.2, 0.25) is 0 Å². The van der Waals surface area contributed by atoms with E-state index in [1.165, 1.54) is 189 Å². The molecule has 5 heteroatoms. The second kappa shape index (κ2) is 31.3. The number of nitrogens with zero attached hydrogens (tertiary/aromatic N) is 3. The lowest BCUT2D eigenvalue weighted by atomic mass is 10.1. The molecular weight excluding hydrogens is 622 g/mol. The summed E-state index contributed by atoms with van der Waals surface area (Å²) in [6.07, 6.45) is 31.7. The Balaban J connectivity index is -0.00000684. The third-order valence-electron chi connectivity index (χ3n) is 8.91. The van der Waals surface area contributed by atoms with Crippen molar-refractivity contribution in [2.75, 3.05) is 74.5 Å². The second-order valence-corrected chi connectivity index (χ2v) is 14.1. The predicted octanol–water partition coefficient (Wildman–Crippen LogP) is 3.70. The number of hydrogen-bond donors (Lipinski definition) is 0. The zero-order chi connectivity index (χ0) is 28.4. The molecule has 0 heterocycles. The highest BCUT2D eigenvalue weighted by molar-refractivity contribution is 4.53. The van der Waals surface area contributed by atoms with Crippen molar-refractivity contribution >= 4 is 0 Å². The molecule has 0 N–H and O–H groups in total. The maximum absolute atomic E-state index is 2.58. The molecule has 0 rings (SSSR count). The first-order valence-electron chi connectivity index (χ1n) is 17.5. The van der Waals surface area contributed by atoms with Crippen LogP contribution in [0.25, 0.3) is 0 Å². The van der Waals surface area contributed by atoms with Gasteiger partial charge in [-0.05, 0) is 32.7 Å². The first kappa shape index (κ1) is 45.3. The van der Waals surface area contributed by atoms with Crippen LogP contribution in [0.1, 0.15) is 155 Å². The molecule has 0 radical (unpaired) electrons. The van der Waals surface area contributed by atoms with E-state index >= 15 is 0 Å². The van der Waals surface area contributed by atoms with Crippen molar-refractivity contribution in [3.63, 3.8) is 0 Å². The normalized spacial score (nSPS) is 12.0. The largest absolute Gasteiger partial charge is 1.00 e. The Morgan fingerprint density at radius 1 is 0.350 bits per heavy atom. The number of halogens is 2. The van der Waals surface area contributed by atoms with Gasteiger partial charge in [-0.2, -0.15) is 0 Å². The Hall–Kier alpha value is 0.840. The van der Waals surface area contributed by atoms with Gasteiger partial charge in [0.1, 0.15) is 0 Å². The minimum absolute atomic E-state index is 0. The summed E-state index contributed by atoms with van der Waals surface area (Å²) in [6.45, 7) is 12.3. The molecule has 0 aromatic heterocycles. The summed E-state index contributed by atoms with van der Waals surface area (Å²) < 4.78 is 2.36. The lowest BCUT2D eigenvalue weighted by molar-refractivity contribution is -0.892. The van der Waals surface area contributed by atoms with Gasteiger partial charge in [-0.15, -0.1) is 0 Å². The second-order valence-electron chi connectivity index (χ2n) is 14.1. The summed E-state index contributed by atoms with van der Waals surface area (Å²) in [5.41, 5.74) is 0. The van der Waals surface area contributed by atoms with Gasteiger partial charge in [0.25, 0.3) is 0 Å². The van der Waals surface area contributed by atoms with Crippen molar-refractivity contribution in [2.24, 2.45) is 0 Å². The highest BCUT2D eigenvalue weighted by Crippen LogP contribution is 2.14. The van der Waals surface area contributed by atoms with Crippen molar-refractivity contribution in [3.8, 4) is 0 Å². The van der Waals surface area contributed by atoms with Crippen LogP contribution in [0.5, 0.6) is 0 Å². The van der Waals surface area contributed by atoms with E-state index in [1.807, 2.05) is 0 Å². The molecule has 0 fully saturated rings. The summed E-state index contributed by atoms with van der Waals surface area (Å²) >= 11 is 0. The Bertz CT molecular complexity index is 443. The third kappa shape index (κ3) is 33.3. The fourth-order valence-corrected chi connectivity index (χ4v) is 5.63. The fraction of sp³-hybridized carbons (Fsp3) is 1.00. The van der Waals surface area contributed by atoms with Crippen LogP contribution in [0.15, 0.2) is 0 Å². The molecule has 0 aliphatic heterocycles. The average molecular weight is 700 g/mol. The first-order valence-corrected chi connectivity index (χ1v) is 17.5. The summed E-state index contributed by atoms with van der Waals surface area (Å²) in [7, 11) is 12.1. The van der Waals surface area contributed by atoms with Crippen LogP contribution in [-0.2, 0) is 0 Å². The van der Waals surface area contributed by atoms with Crippen molar-refractivity contribution in [2.45, 2.75) is 155 Å². The van der Waals surface area contributed by atoms with Gasteiger partial charge in [0.05, 0.1) is 54.4 Å². The van der Waals surface area contributed by atoms with Crippen LogP contribution in [0.3, 0.4) is 0 Å². The molecule has 0 aromatic rings. The van der Waals surface area contributed by atoms with Gasteiger partial charge in [0.15, 0.2) is 0 Å². The Kier molecular flexibility index (Phi) is 35.4. The van der Waals surface area contributed by atoms with E-state index in [4.69, 9.17) is 0 Å². The molecule has 0 saturated heterocycles. The molecule has 0 bridgehead atoms. The molecule has 3 nitrogen and oxygen atoms in total. The molecular formula is C35H77Br2N3. The Morgan fingerprint density at radius 2 is 0.575 bits per heavy atom. The van der Waals surface area contributed by atoms with Gasteiger partial charge < -0.3 is 42.9 Å². The van der Waals surface area contributed by atoms with E-state index in [1.54, 1.807) is 0 Å². The molecule has 0 atom stereocenters. The highest BCUT2D eigenvalue weighted by Gasteiger charge is 2.18. The smallest absolute Gasteiger partial charge is 0.0911 e. The predicted molar refractivity (Wildman–Crippen MR) is 174 cm³/mol. The molecule has 40 heavy (non-hydrogen) atoms. The molecule has 0 aliphatic carbocycles. The number of quaternary nitrogens is 2. The van der Waals surface area contributed by atoms with E-state index in [2.05, 4.69) is 54.0 Å². The van der Waals surface area contributed by atoms with Gasteiger partial charge in [0, 0.05) is 13.1 Å². The zero-order valence-corrected chi connectivity index (χ0v) is 32.1. The molecule has 0 aliphatic rings. The van der Waals surface area contributed by atoms with Crippen LogP contribution >= 0.6 is 0 Å². The highest BCUT2D eigenvalue weighted by atomic mass is 79.9. The van der Waals surface area contributed by atoms with Crippen LogP contribution < -0.4 is 34.0 Å². The van der Waals surface area contributed by atoms with Gasteiger partial charge >= 0.3 is 0 Å². The van der Waals surface area contributed by atoms with Crippen LogP contribution in [0, 0.1) is 0 Å². The van der Waals surface area contributed by atoms with Crippen molar-refractivity contribution < 1.29 is 42.9 Å². The van der Waals surface area contributed by atoms with Crippen LogP contribution in [-0.4, -0.2) is 88.4 Å². The minimum Gasteiger partial charge on any atom is -1.00 e. The van der Waals surface area contributed by atoms with Gasteiger partial charge in [-0.1, -0.05) is 129 Å². The number of hydrogen-bond acceptors (Lipinski definition) is 1. The molecule has 0 aromatic carbocycles. The SMILES string of the molecule is CCCCCCCCCCCCC[N+](C)(C)CCN(C)CC[N+](C)(C)CCCCCCCCCCCCC.[Br-].[Br-]. The van der Waals surface area contributed by atoms with Crippen molar-refractivity contribution in [1.82, 2.24) is 4.90 Å². The number of rotatable bonds is 30. The molecule has 0 spiro atoms. The number of likely N-dealkylation sites (N-methyl/N-ethyl adjacent to an activating group) is 3. The minimum atomic E-state index is 0. The van der Waals surface area contributed by atoms with E-state index in [0.717, 1.165) is 0 Å². The van der Waals surface area contributed by atoms with Crippen molar-refractivity contribution in [3.05, 3.63) is 0 Å². The van der Waals surface area contributed by atoms with E-state index in [-0.39, 0.29) is 34.0 Å². The van der Waals surface area contributed by atoms with Crippen molar-refractivity contribution in [1.29, 1.82) is 0 Å². The first-order chi connectivity index (χ1) is 18.2. The van der Waals surface area contributed by atoms with Gasteiger partial charge in [-0.3, -0.25) is 4.90 Å². The van der Waals surface area contributed by atoms with Gasteiger partial charge in [-0.25, -0.2) is 0 Å². The quantitative estimate of drug-likeness (QED) is 0.0818. The van der Waals surface area contributed by atoms with E-state index < -0.39 is 0 Å². The molecule has 0 unspecified atom stereocenters. The fourth-order valence-electron chi connectivity index (χ4n) is 5.63. The zero-order valence-electron chi connectivity index (χ0n) is 28.9. The lowest BCUT2D eigenvalue weighted by Gasteiger charge is -2.34. The molecule has 0 amide bonds. The van der Waals surface area contributed by atoms with Gasteiger partial charge in [0.2, 0.25) is 0 Å². The average Bonchev–Trinajstić information content (AvgIpc) is 2.88. The Labute approximate surface area is 276 Å².